The van der Waals surface area contributed by atoms with Gasteiger partial charge in [-0.1, -0.05) is 36.4 Å². The molecule has 8 heteroatoms. The third-order valence-electron chi connectivity index (χ3n) is 4.85. The van der Waals surface area contributed by atoms with Crippen LogP contribution in [0.3, 0.4) is 0 Å². The van der Waals surface area contributed by atoms with E-state index in [1.807, 2.05) is 32.2 Å². The highest BCUT2D eigenvalue weighted by Crippen LogP contribution is 2.36. The molecule has 0 atom stereocenters. The van der Waals surface area contributed by atoms with Gasteiger partial charge in [-0.25, -0.2) is 20.4 Å². The lowest BCUT2D eigenvalue weighted by Gasteiger charge is -2.04. The van der Waals surface area contributed by atoms with Gasteiger partial charge in [-0.05, 0) is 25.6 Å². The van der Waals surface area contributed by atoms with Crippen LogP contribution in [-0.2, 0) is 6.54 Å². The summed E-state index contributed by atoms with van der Waals surface area (Å²) in [6, 6.07) is 14.4. The Labute approximate surface area is 172 Å². The van der Waals surface area contributed by atoms with Gasteiger partial charge in [0.1, 0.15) is 23.0 Å². The van der Waals surface area contributed by atoms with Crippen LogP contribution in [0.5, 0.6) is 0 Å². The molecular weight excluding hydrogens is 382 g/mol. The molecule has 3 aromatic heterocycles. The molecule has 29 heavy (non-hydrogen) atoms. The van der Waals surface area contributed by atoms with Crippen LogP contribution in [0.1, 0.15) is 16.1 Å². The van der Waals surface area contributed by atoms with E-state index in [1.54, 1.807) is 11.3 Å². The van der Waals surface area contributed by atoms with Crippen molar-refractivity contribution in [2.24, 2.45) is 4.99 Å². The second-order valence-corrected chi connectivity index (χ2v) is 7.87. The minimum Gasteiger partial charge on any atom is -0.316 e. The van der Waals surface area contributed by atoms with Gasteiger partial charge in [-0.2, -0.15) is 0 Å². The Kier molecular flexibility index (Phi) is 4.59. The number of imidazole rings is 1. The Balaban J connectivity index is 1.71. The third-order valence-corrected chi connectivity index (χ3v) is 5.92. The Hall–Kier alpha value is -3.07. The van der Waals surface area contributed by atoms with Gasteiger partial charge in [-0.3, -0.25) is 4.40 Å². The number of nitrogens with one attached hydrogen (secondary N) is 3. The number of thiazole rings is 1. The van der Waals surface area contributed by atoms with Gasteiger partial charge in [0.2, 0.25) is 0 Å². The SMILES string of the molecule is CNCc1ccc2nc(C)c(-c3nc(-c4ccccc4)c(C4=NCNN4)s3)n2c1. The normalized spacial score (nSPS) is 13.7. The summed E-state index contributed by atoms with van der Waals surface area (Å²) in [7, 11) is 1.95. The Morgan fingerprint density at radius 1 is 1.14 bits per heavy atom. The van der Waals surface area contributed by atoms with Gasteiger partial charge >= 0.3 is 0 Å². The van der Waals surface area contributed by atoms with Crippen molar-refractivity contribution in [3.8, 4) is 22.0 Å². The second kappa shape index (κ2) is 7.40. The van der Waals surface area contributed by atoms with Crippen molar-refractivity contribution in [1.29, 1.82) is 0 Å². The molecule has 0 fully saturated rings. The molecule has 0 radical (unpaired) electrons. The number of fused-ring (bicyclic) bond motifs is 1. The van der Waals surface area contributed by atoms with E-state index in [1.165, 1.54) is 5.56 Å². The van der Waals surface area contributed by atoms with Gasteiger partial charge in [-0.15, -0.1) is 11.3 Å². The van der Waals surface area contributed by atoms with Crippen LogP contribution >= 0.6 is 11.3 Å². The van der Waals surface area contributed by atoms with E-state index in [-0.39, 0.29) is 0 Å². The highest BCUT2D eigenvalue weighted by atomic mass is 32.1. The van der Waals surface area contributed by atoms with Gasteiger partial charge < -0.3 is 10.7 Å². The molecule has 5 rings (SSSR count). The fourth-order valence-corrected chi connectivity index (χ4v) is 4.70. The second-order valence-electron chi connectivity index (χ2n) is 6.87. The molecule has 146 valence electrons. The molecule has 1 aliphatic heterocycles. The number of benzene rings is 1. The summed E-state index contributed by atoms with van der Waals surface area (Å²) in [5.41, 5.74) is 12.3. The predicted octanol–water partition coefficient (Wildman–Crippen LogP) is 2.96. The summed E-state index contributed by atoms with van der Waals surface area (Å²) in [4.78, 5) is 15.4. The zero-order valence-corrected chi connectivity index (χ0v) is 17.0. The number of aromatic nitrogens is 3. The molecule has 1 aliphatic rings. The summed E-state index contributed by atoms with van der Waals surface area (Å²) in [5, 5.41) is 4.14. The fourth-order valence-electron chi connectivity index (χ4n) is 3.56. The Bertz CT molecular complexity index is 1210. The number of hydrogen-bond acceptors (Lipinski definition) is 7. The monoisotopic (exact) mass is 403 g/mol. The molecule has 7 nitrogen and oxygen atoms in total. The third kappa shape index (κ3) is 3.21. The average Bonchev–Trinajstić information content (AvgIpc) is 3.46. The standard InChI is InChI=1S/C21H21N7S/c1-13-18(28-11-14(10-22-2)8-9-16(28)25-13)21-26-17(15-6-4-3-5-7-15)19(29-21)20-23-12-24-27-20/h3-9,11,22,24H,10,12H2,1-2H3,(H,23,27). The maximum Gasteiger partial charge on any atom is 0.156 e. The minimum absolute atomic E-state index is 0.554. The zero-order valence-electron chi connectivity index (χ0n) is 16.2. The number of pyridine rings is 1. The molecular formula is C21H21N7S. The lowest BCUT2D eigenvalue weighted by Crippen LogP contribution is -2.30. The number of amidine groups is 1. The lowest BCUT2D eigenvalue weighted by atomic mass is 10.1. The van der Waals surface area contributed by atoms with Crippen LogP contribution in [0.25, 0.3) is 27.6 Å². The lowest BCUT2D eigenvalue weighted by molar-refractivity contribution is 0.728. The van der Waals surface area contributed by atoms with Crippen molar-refractivity contribution in [2.75, 3.05) is 13.7 Å². The van der Waals surface area contributed by atoms with Crippen molar-refractivity contribution >= 4 is 22.8 Å². The number of hydrogen-bond donors (Lipinski definition) is 3. The first-order valence-electron chi connectivity index (χ1n) is 9.47. The van der Waals surface area contributed by atoms with Crippen molar-refractivity contribution < 1.29 is 0 Å². The highest BCUT2D eigenvalue weighted by Gasteiger charge is 2.23. The number of aliphatic imine (C=N–C) groups is 1. The van der Waals surface area contributed by atoms with E-state index in [0.29, 0.717) is 6.67 Å². The first kappa shape index (κ1) is 18.0. The topological polar surface area (TPSA) is 78.6 Å². The van der Waals surface area contributed by atoms with Crippen molar-refractivity contribution in [1.82, 2.24) is 30.5 Å². The largest absolute Gasteiger partial charge is 0.316 e. The minimum atomic E-state index is 0.554. The van der Waals surface area contributed by atoms with E-state index in [9.17, 15) is 0 Å². The maximum absolute atomic E-state index is 5.05. The quantitative estimate of drug-likeness (QED) is 0.478. The van der Waals surface area contributed by atoms with Gasteiger partial charge in [0.15, 0.2) is 5.84 Å². The summed E-state index contributed by atoms with van der Waals surface area (Å²) in [6.45, 7) is 3.40. The molecule has 4 aromatic rings. The van der Waals surface area contributed by atoms with E-state index in [4.69, 9.17) is 9.97 Å². The number of rotatable bonds is 5. The first-order valence-corrected chi connectivity index (χ1v) is 10.3. The van der Waals surface area contributed by atoms with Crippen LogP contribution < -0.4 is 16.2 Å². The highest BCUT2D eigenvalue weighted by molar-refractivity contribution is 7.17. The summed E-state index contributed by atoms with van der Waals surface area (Å²) in [6.07, 6.45) is 2.14. The summed E-state index contributed by atoms with van der Waals surface area (Å²) >= 11 is 1.64. The first-order chi connectivity index (χ1) is 14.2. The molecule has 0 aliphatic carbocycles. The molecule has 0 saturated heterocycles. The molecule has 0 amide bonds. The Morgan fingerprint density at radius 2 is 2.00 bits per heavy atom. The molecule has 0 unspecified atom stereocenters. The van der Waals surface area contributed by atoms with E-state index in [2.05, 4.69) is 56.0 Å². The maximum atomic E-state index is 5.05. The van der Waals surface area contributed by atoms with Crippen LogP contribution in [0.15, 0.2) is 53.7 Å². The summed E-state index contributed by atoms with van der Waals surface area (Å²) < 4.78 is 2.14. The molecule has 0 bridgehead atoms. The molecule has 1 aromatic carbocycles. The Morgan fingerprint density at radius 3 is 2.76 bits per heavy atom. The van der Waals surface area contributed by atoms with Gasteiger partial charge in [0.05, 0.1) is 16.3 Å². The van der Waals surface area contributed by atoms with Crippen LogP contribution in [-0.4, -0.2) is 33.9 Å². The van der Waals surface area contributed by atoms with E-state index in [0.717, 1.165) is 50.6 Å². The molecule has 0 saturated carbocycles. The predicted molar refractivity (Wildman–Crippen MR) is 117 cm³/mol. The number of nitrogens with zero attached hydrogens (tertiary/aromatic N) is 4. The van der Waals surface area contributed by atoms with E-state index < -0.39 is 0 Å². The number of aryl methyl sites for hydroxylation is 1. The average molecular weight is 404 g/mol. The number of hydrazine groups is 1. The van der Waals surface area contributed by atoms with Crippen molar-refractivity contribution in [3.63, 3.8) is 0 Å². The van der Waals surface area contributed by atoms with Gasteiger partial charge in [0, 0.05) is 18.3 Å². The van der Waals surface area contributed by atoms with Crippen molar-refractivity contribution in [3.05, 3.63) is 64.8 Å². The van der Waals surface area contributed by atoms with E-state index >= 15 is 0 Å². The molecule has 0 spiro atoms. The summed E-state index contributed by atoms with van der Waals surface area (Å²) in [5.74, 6) is 0.829. The smallest absolute Gasteiger partial charge is 0.156 e. The van der Waals surface area contributed by atoms with Gasteiger partial charge in [0.25, 0.3) is 0 Å². The van der Waals surface area contributed by atoms with Crippen LogP contribution in [0.2, 0.25) is 0 Å². The zero-order chi connectivity index (χ0) is 19.8. The van der Waals surface area contributed by atoms with Crippen molar-refractivity contribution in [2.45, 2.75) is 13.5 Å². The molecule has 4 heterocycles. The van der Waals surface area contributed by atoms with Crippen LogP contribution in [0.4, 0.5) is 0 Å². The fraction of sp³-hybridized carbons (Fsp3) is 0.190. The van der Waals surface area contributed by atoms with Crippen LogP contribution in [0, 0.1) is 6.92 Å². The molecule has 3 N–H and O–H groups in total.